The Hall–Kier alpha value is -2.09. The van der Waals surface area contributed by atoms with Crippen molar-refractivity contribution >= 4 is 22.9 Å². The Kier molecular flexibility index (Phi) is 4.94. The van der Waals surface area contributed by atoms with Gasteiger partial charge >= 0.3 is 0 Å². The number of thiophene rings is 1. The second-order valence-electron chi connectivity index (χ2n) is 4.27. The Morgan fingerprint density at radius 2 is 2.25 bits per heavy atom. The summed E-state index contributed by atoms with van der Waals surface area (Å²) < 4.78 is 0. The molecule has 0 fully saturated rings. The molecule has 0 aliphatic heterocycles. The van der Waals surface area contributed by atoms with Crippen molar-refractivity contribution in [2.24, 2.45) is 0 Å². The summed E-state index contributed by atoms with van der Waals surface area (Å²) in [5, 5.41) is 15.3. The second kappa shape index (κ2) is 6.90. The third-order valence-electron chi connectivity index (χ3n) is 2.74. The van der Waals surface area contributed by atoms with E-state index in [9.17, 15) is 4.79 Å². The summed E-state index contributed by atoms with van der Waals surface area (Å²) in [5.74, 6) is 5.71. The van der Waals surface area contributed by atoms with E-state index in [0.717, 1.165) is 16.8 Å². The van der Waals surface area contributed by atoms with Crippen LogP contribution in [0, 0.1) is 18.8 Å². The van der Waals surface area contributed by atoms with Crippen molar-refractivity contribution in [1.82, 2.24) is 0 Å². The first-order valence-electron chi connectivity index (χ1n) is 6.24. The molecule has 1 aromatic carbocycles. The average Bonchev–Trinajstić information content (AvgIpc) is 2.97. The zero-order valence-electron chi connectivity index (χ0n) is 11.1. The van der Waals surface area contributed by atoms with Gasteiger partial charge in [-0.25, -0.2) is 0 Å². The van der Waals surface area contributed by atoms with Gasteiger partial charge in [0, 0.05) is 23.1 Å². The molecule has 0 aliphatic carbocycles. The number of hydrogen-bond acceptors (Lipinski definition) is 3. The Labute approximate surface area is 122 Å². The number of carbonyl (C=O) groups is 1. The lowest BCUT2D eigenvalue weighted by Crippen LogP contribution is -2.11. The van der Waals surface area contributed by atoms with Crippen LogP contribution < -0.4 is 5.32 Å². The molecule has 0 unspecified atom stereocenters. The highest BCUT2D eigenvalue weighted by atomic mass is 32.1. The largest absolute Gasteiger partial charge is 0.395 e. The van der Waals surface area contributed by atoms with E-state index in [0.29, 0.717) is 12.0 Å². The summed E-state index contributed by atoms with van der Waals surface area (Å²) in [7, 11) is 0. The number of anilines is 1. The van der Waals surface area contributed by atoms with Crippen LogP contribution in [-0.4, -0.2) is 17.6 Å². The molecule has 0 radical (unpaired) electrons. The number of carbonyl (C=O) groups excluding carboxylic acids is 1. The van der Waals surface area contributed by atoms with Crippen LogP contribution in [0.4, 0.5) is 5.69 Å². The molecule has 0 atom stereocenters. The van der Waals surface area contributed by atoms with Crippen molar-refractivity contribution in [1.29, 1.82) is 0 Å². The van der Waals surface area contributed by atoms with E-state index in [1.165, 1.54) is 11.3 Å². The maximum atomic E-state index is 12.0. The van der Waals surface area contributed by atoms with Crippen LogP contribution in [0.25, 0.3) is 0 Å². The van der Waals surface area contributed by atoms with Crippen molar-refractivity contribution in [2.75, 3.05) is 11.9 Å². The molecule has 0 saturated heterocycles. The Morgan fingerprint density at radius 3 is 2.95 bits per heavy atom. The fourth-order valence-corrected chi connectivity index (χ4v) is 2.28. The molecule has 0 spiro atoms. The van der Waals surface area contributed by atoms with E-state index in [-0.39, 0.29) is 12.5 Å². The van der Waals surface area contributed by atoms with Crippen LogP contribution in [0.2, 0.25) is 0 Å². The highest BCUT2D eigenvalue weighted by Crippen LogP contribution is 2.18. The molecule has 102 valence electrons. The van der Waals surface area contributed by atoms with Gasteiger partial charge < -0.3 is 10.4 Å². The number of nitrogens with one attached hydrogen (secondary N) is 1. The first-order valence-corrected chi connectivity index (χ1v) is 7.19. The van der Waals surface area contributed by atoms with Crippen LogP contribution in [0.5, 0.6) is 0 Å². The van der Waals surface area contributed by atoms with Crippen molar-refractivity contribution in [3.63, 3.8) is 0 Å². The number of hydrogen-bond donors (Lipinski definition) is 2. The zero-order chi connectivity index (χ0) is 14.4. The summed E-state index contributed by atoms with van der Waals surface area (Å²) in [6, 6.07) is 7.47. The van der Waals surface area contributed by atoms with E-state index in [2.05, 4.69) is 17.2 Å². The lowest BCUT2D eigenvalue weighted by molar-refractivity contribution is 0.102. The standard InChI is InChI=1S/C16H15NO2S/c1-12-5-6-13(4-2-3-8-18)10-15(12)17-16(19)14-7-9-20-11-14/h5-7,9-11,18H,3,8H2,1H3,(H,17,19). The minimum atomic E-state index is -0.116. The summed E-state index contributed by atoms with van der Waals surface area (Å²) in [4.78, 5) is 12.0. The number of aryl methyl sites for hydroxylation is 1. The molecule has 2 aromatic rings. The van der Waals surface area contributed by atoms with Gasteiger partial charge in [0.15, 0.2) is 0 Å². The maximum absolute atomic E-state index is 12.0. The topological polar surface area (TPSA) is 49.3 Å². The van der Waals surface area contributed by atoms with Gasteiger partial charge in [0.1, 0.15) is 0 Å². The van der Waals surface area contributed by atoms with Gasteiger partial charge in [0.25, 0.3) is 5.91 Å². The van der Waals surface area contributed by atoms with Crippen molar-refractivity contribution in [3.8, 4) is 11.8 Å². The average molecular weight is 285 g/mol. The molecule has 0 bridgehead atoms. The third-order valence-corrected chi connectivity index (χ3v) is 3.42. The fraction of sp³-hybridized carbons (Fsp3) is 0.188. The fourth-order valence-electron chi connectivity index (χ4n) is 1.64. The monoisotopic (exact) mass is 285 g/mol. The molecule has 0 aliphatic rings. The van der Waals surface area contributed by atoms with Crippen LogP contribution in [0.1, 0.15) is 27.9 Å². The van der Waals surface area contributed by atoms with Gasteiger partial charge in [-0.05, 0) is 36.1 Å². The van der Waals surface area contributed by atoms with Crippen molar-refractivity contribution in [3.05, 3.63) is 51.7 Å². The third kappa shape index (κ3) is 3.70. The lowest BCUT2D eigenvalue weighted by atomic mass is 10.1. The van der Waals surface area contributed by atoms with Gasteiger partial charge in [0.2, 0.25) is 0 Å². The highest BCUT2D eigenvalue weighted by Gasteiger charge is 2.08. The van der Waals surface area contributed by atoms with E-state index >= 15 is 0 Å². The van der Waals surface area contributed by atoms with Crippen molar-refractivity contribution in [2.45, 2.75) is 13.3 Å². The molecular formula is C16H15NO2S. The molecule has 20 heavy (non-hydrogen) atoms. The van der Waals surface area contributed by atoms with E-state index < -0.39 is 0 Å². The number of benzene rings is 1. The van der Waals surface area contributed by atoms with Gasteiger partial charge in [-0.1, -0.05) is 17.9 Å². The van der Waals surface area contributed by atoms with Crippen LogP contribution in [0.15, 0.2) is 35.0 Å². The lowest BCUT2D eigenvalue weighted by Gasteiger charge is -2.08. The van der Waals surface area contributed by atoms with Crippen LogP contribution in [-0.2, 0) is 0 Å². The van der Waals surface area contributed by atoms with E-state index in [1.54, 1.807) is 6.07 Å². The maximum Gasteiger partial charge on any atom is 0.256 e. The molecule has 2 rings (SSSR count). The first-order chi connectivity index (χ1) is 9.70. The molecule has 2 N–H and O–H groups in total. The number of aliphatic hydroxyl groups excluding tert-OH is 1. The van der Waals surface area contributed by atoms with Crippen LogP contribution >= 0.6 is 11.3 Å². The summed E-state index contributed by atoms with van der Waals surface area (Å²) in [5.41, 5.74) is 3.23. The molecular weight excluding hydrogens is 270 g/mol. The smallest absolute Gasteiger partial charge is 0.256 e. The summed E-state index contributed by atoms with van der Waals surface area (Å²) >= 11 is 1.49. The van der Waals surface area contributed by atoms with Crippen LogP contribution in [0.3, 0.4) is 0 Å². The minimum Gasteiger partial charge on any atom is -0.395 e. The predicted octanol–water partition coefficient (Wildman–Crippen LogP) is 3.04. The molecule has 1 amide bonds. The Morgan fingerprint density at radius 1 is 1.40 bits per heavy atom. The molecule has 1 aromatic heterocycles. The molecule has 4 heteroatoms. The quantitative estimate of drug-likeness (QED) is 0.852. The second-order valence-corrected chi connectivity index (χ2v) is 5.05. The molecule has 3 nitrogen and oxygen atoms in total. The van der Waals surface area contributed by atoms with Crippen molar-refractivity contribution < 1.29 is 9.90 Å². The molecule has 1 heterocycles. The van der Waals surface area contributed by atoms with E-state index in [4.69, 9.17) is 5.11 Å². The summed E-state index contributed by atoms with van der Waals surface area (Å²) in [6.45, 7) is 1.99. The number of amides is 1. The highest BCUT2D eigenvalue weighted by molar-refractivity contribution is 7.08. The normalized spacial score (nSPS) is 9.70. The Bertz CT molecular complexity index is 651. The van der Waals surface area contributed by atoms with Gasteiger partial charge in [-0.3, -0.25) is 4.79 Å². The van der Waals surface area contributed by atoms with Gasteiger partial charge in [-0.15, -0.1) is 0 Å². The minimum absolute atomic E-state index is 0.0562. The first kappa shape index (κ1) is 14.3. The Balaban J connectivity index is 2.17. The SMILES string of the molecule is Cc1ccc(C#CCCO)cc1NC(=O)c1ccsc1. The van der Waals surface area contributed by atoms with E-state index in [1.807, 2.05) is 35.9 Å². The molecule has 0 saturated carbocycles. The number of rotatable bonds is 3. The summed E-state index contributed by atoms with van der Waals surface area (Å²) in [6.07, 6.45) is 0.449. The zero-order valence-corrected chi connectivity index (χ0v) is 12.0. The predicted molar refractivity (Wildman–Crippen MR) is 82.0 cm³/mol. The van der Waals surface area contributed by atoms with Gasteiger partial charge in [0.05, 0.1) is 12.2 Å². The van der Waals surface area contributed by atoms with Gasteiger partial charge in [-0.2, -0.15) is 11.3 Å². The number of aliphatic hydroxyl groups is 1.